The highest BCUT2D eigenvalue weighted by Crippen LogP contribution is 2.15. The van der Waals surface area contributed by atoms with E-state index >= 15 is 0 Å². The van der Waals surface area contributed by atoms with Crippen LogP contribution in [0.3, 0.4) is 0 Å². The summed E-state index contributed by atoms with van der Waals surface area (Å²) >= 11 is 0. The van der Waals surface area contributed by atoms with Crippen molar-refractivity contribution in [3.8, 4) is 0 Å². The lowest BCUT2D eigenvalue weighted by atomic mass is 10.2. The van der Waals surface area contributed by atoms with Crippen molar-refractivity contribution in [2.75, 3.05) is 11.9 Å². The summed E-state index contributed by atoms with van der Waals surface area (Å²) in [5.41, 5.74) is 0.289. The van der Waals surface area contributed by atoms with E-state index in [1.54, 1.807) is 32.9 Å². The molecule has 0 fully saturated rings. The lowest BCUT2D eigenvalue weighted by Gasteiger charge is -2.23. The summed E-state index contributed by atoms with van der Waals surface area (Å²) in [4.78, 5) is 23.6. The van der Waals surface area contributed by atoms with Gasteiger partial charge in [-0.15, -0.1) is 10.2 Å². The monoisotopic (exact) mass is 292 g/mol. The smallest absolute Gasteiger partial charge is 0.416 e. The Bertz CT molecular complexity index is 675. The van der Waals surface area contributed by atoms with Crippen LogP contribution in [0.5, 0.6) is 0 Å². The summed E-state index contributed by atoms with van der Waals surface area (Å²) in [5.74, 6) is 0.201. The van der Waals surface area contributed by atoms with Gasteiger partial charge in [0.1, 0.15) is 12.1 Å². The molecule has 0 unspecified atom stereocenters. The third kappa shape index (κ3) is 3.30. The van der Waals surface area contributed by atoms with Gasteiger partial charge in [-0.1, -0.05) is 5.18 Å². The lowest BCUT2D eigenvalue weighted by molar-refractivity contribution is 0.0586. The minimum Gasteiger partial charge on any atom is -0.443 e. The maximum atomic E-state index is 12.0. The molecule has 0 saturated heterocycles. The van der Waals surface area contributed by atoms with Crippen molar-refractivity contribution in [1.29, 1.82) is 0 Å². The summed E-state index contributed by atoms with van der Waals surface area (Å²) in [5, 5.41) is 14.8. The number of ether oxygens (including phenoxy) is 1. The number of aromatic nitrogens is 4. The highest BCUT2D eigenvalue weighted by Gasteiger charge is 2.24. The molecule has 0 aliphatic heterocycles. The van der Waals surface area contributed by atoms with Crippen LogP contribution >= 0.6 is 0 Å². The Morgan fingerprint density at radius 2 is 2.10 bits per heavy atom. The van der Waals surface area contributed by atoms with E-state index in [-0.39, 0.29) is 12.5 Å². The number of rotatable bonds is 3. The molecule has 0 aliphatic carbocycles. The molecule has 21 heavy (non-hydrogen) atoms. The van der Waals surface area contributed by atoms with Crippen LogP contribution in [0.4, 0.5) is 10.7 Å². The number of nitroso groups, excluding NO2 is 1. The quantitative estimate of drug-likeness (QED) is 0.799. The number of carbonyl (C=O) groups excluding carboxylic acids is 1. The van der Waals surface area contributed by atoms with Crippen molar-refractivity contribution in [3.63, 3.8) is 0 Å². The van der Waals surface area contributed by atoms with E-state index in [1.807, 2.05) is 0 Å². The van der Waals surface area contributed by atoms with Crippen LogP contribution in [0.2, 0.25) is 0 Å². The molecular weight excluding hydrogens is 276 g/mol. The molecule has 2 rings (SSSR count). The molecule has 9 heteroatoms. The van der Waals surface area contributed by atoms with Gasteiger partial charge in [0.15, 0.2) is 5.65 Å². The number of fused-ring (bicyclic) bond motifs is 1. The van der Waals surface area contributed by atoms with Crippen molar-refractivity contribution in [1.82, 2.24) is 19.8 Å². The molecule has 0 aliphatic rings. The predicted octanol–water partition coefficient (Wildman–Crippen LogP) is 1.76. The lowest BCUT2D eigenvalue weighted by Crippen LogP contribution is -2.35. The second kappa shape index (κ2) is 5.43. The molecule has 0 aromatic carbocycles. The standard InChI is InChI=1S/C12H16N6O3/c1-12(2,3)21-11(19)17(4)10-15-14-9-6-5-8(7-13-20)16-18(9)10/h5-6H,7H2,1-4H3. The van der Waals surface area contributed by atoms with Crippen LogP contribution in [-0.2, 0) is 11.3 Å². The Morgan fingerprint density at radius 1 is 1.38 bits per heavy atom. The predicted molar refractivity (Wildman–Crippen MR) is 74.9 cm³/mol. The molecule has 0 spiro atoms. The molecule has 0 N–H and O–H groups in total. The first kappa shape index (κ1) is 14.8. The van der Waals surface area contributed by atoms with Gasteiger partial charge in [-0.05, 0) is 32.9 Å². The average molecular weight is 292 g/mol. The van der Waals surface area contributed by atoms with Gasteiger partial charge >= 0.3 is 6.09 Å². The maximum absolute atomic E-state index is 12.0. The van der Waals surface area contributed by atoms with E-state index in [0.717, 1.165) is 0 Å². The minimum absolute atomic E-state index is 0.0658. The Hall–Kier alpha value is -2.58. The van der Waals surface area contributed by atoms with Crippen LogP contribution in [0, 0.1) is 4.91 Å². The van der Waals surface area contributed by atoms with Gasteiger partial charge in [-0.25, -0.2) is 9.69 Å². The molecule has 112 valence electrons. The van der Waals surface area contributed by atoms with Crippen LogP contribution in [0.25, 0.3) is 5.65 Å². The fourth-order valence-corrected chi connectivity index (χ4v) is 1.59. The average Bonchev–Trinajstić information content (AvgIpc) is 2.79. The Kier molecular flexibility index (Phi) is 3.83. The molecule has 0 radical (unpaired) electrons. The molecule has 2 aromatic heterocycles. The summed E-state index contributed by atoms with van der Waals surface area (Å²) in [7, 11) is 1.51. The van der Waals surface area contributed by atoms with E-state index in [9.17, 15) is 9.70 Å². The van der Waals surface area contributed by atoms with E-state index in [4.69, 9.17) is 4.74 Å². The zero-order valence-electron chi connectivity index (χ0n) is 12.3. The molecule has 1 amide bonds. The highest BCUT2D eigenvalue weighted by molar-refractivity contribution is 5.85. The first-order valence-corrected chi connectivity index (χ1v) is 6.29. The van der Waals surface area contributed by atoms with Gasteiger partial charge in [0, 0.05) is 7.05 Å². The Labute approximate surface area is 120 Å². The second-order valence-corrected chi connectivity index (χ2v) is 5.42. The maximum Gasteiger partial charge on any atom is 0.416 e. The van der Waals surface area contributed by atoms with Crippen LogP contribution in [0.15, 0.2) is 17.3 Å². The molecule has 2 aromatic rings. The van der Waals surface area contributed by atoms with Gasteiger partial charge in [-0.2, -0.15) is 14.5 Å². The van der Waals surface area contributed by atoms with Gasteiger partial charge in [-0.3, -0.25) is 0 Å². The van der Waals surface area contributed by atoms with E-state index in [2.05, 4.69) is 20.5 Å². The first-order valence-electron chi connectivity index (χ1n) is 6.29. The number of amides is 1. The van der Waals surface area contributed by atoms with E-state index in [1.165, 1.54) is 16.5 Å². The SMILES string of the molecule is CN(C(=O)OC(C)(C)C)c1nnc2ccc(CN=O)nn12. The van der Waals surface area contributed by atoms with E-state index in [0.29, 0.717) is 11.3 Å². The topological polar surface area (TPSA) is 102 Å². The summed E-state index contributed by atoms with van der Waals surface area (Å²) in [6.45, 7) is 5.25. The van der Waals surface area contributed by atoms with E-state index < -0.39 is 11.7 Å². The second-order valence-electron chi connectivity index (χ2n) is 5.42. The third-order valence-electron chi connectivity index (χ3n) is 2.50. The molecular formula is C12H16N6O3. The van der Waals surface area contributed by atoms with Crippen LogP contribution < -0.4 is 4.90 Å². The van der Waals surface area contributed by atoms with Crippen LogP contribution in [-0.4, -0.2) is 38.6 Å². The third-order valence-corrected chi connectivity index (χ3v) is 2.50. The van der Waals surface area contributed by atoms with Crippen molar-refractivity contribution in [2.24, 2.45) is 5.18 Å². The normalized spacial score (nSPS) is 11.4. The Morgan fingerprint density at radius 3 is 2.71 bits per heavy atom. The molecule has 2 heterocycles. The van der Waals surface area contributed by atoms with Crippen molar-refractivity contribution < 1.29 is 9.53 Å². The van der Waals surface area contributed by atoms with Crippen LogP contribution in [0.1, 0.15) is 26.5 Å². The fourth-order valence-electron chi connectivity index (χ4n) is 1.59. The van der Waals surface area contributed by atoms with Crippen molar-refractivity contribution >= 4 is 17.7 Å². The molecule has 0 bridgehead atoms. The highest BCUT2D eigenvalue weighted by atomic mass is 16.6. The number of carbonyl (C=O) groups is 1. The van der Waals surface area contributed by atoms with Crippen molar-refractivity contribution in [2.45, 2.75) is 32.9 Å². The molecule has 0 atom stereocenters. The largest absolute Gasteiger partial charge is 0.443 e. The number of hydrogen-bond donors (Lipinski definition) is 0. The first-order chi connectivity index (χ1) is 9.81. The van der Waals surface area contributed by atoms with Gasteiger partial charge in [0.05, 0.1) is 5.69 Å². The number of nitrogens with zero attached hydrogens (tertiary/aromatic N) is 6. The number of anilines is 1. The number of hydrogen-bond acceptors (Lipinski definition) is 7. The molecule has 0 saturated carbocycles. The summed E-state index contributed by atoms with van der Waals surface area (Å²) < 4.78 is 6.63. The Balaban J connectivity index is 2.34. The van der Waals surface area contributed by atoms with Gasteiger partial charge < -0.3 is 4.74 Å². The fraction of sp³-hybridized carbons (Fsp3) is 0.500. The minimum atomic E-state index is -0.619. The summed E-state index contributed by atoms with van der Waals surface area (Å²) in [6, 6.07) is 3.27. The summed E-state index contributed by atoms with van der Waals surface area (Å²) in [6.07, 6.45) is -0.572. The zero-order valence-corrected chi connectivity index (χ0v) is 12.3. The molecule has 9 nitrogen and oxygen atoms in total. The van der Waals surface area contributed by atoms with Gasteiger partial charge in [0.2, 0.25) is 0 Å². The van der Waals surface area contributed by atoms with Gasteiger partial charge in [0.25, 0.3) is 5.95 Å². The van der Waals surface area contributed by atoms with Crippen molar-refractivity contribution in [3.05, 3.63) is 22.7 Å². The zero-order chi connectivity index (χ0) is 15.6.